The summed E-state index contributed by atoms with van der Waals surface area (Å²) in [7, 11) is 0. The van der Waals surface area contributed by atoms with Gasteiger partial charge in [-0.1, -0.05) is 24.7 Å². The first kappa shape index (κ1) is 15.5. The predicted octanol–water partition coefficient (Wildman–Crippen LogP) is 2.48. The molecule has 0 heterocycles. The number of carbonyl (C=O) groups excluding carboxylic acids is 1. The maximum atomic E-state index is 13.3. The van der Waals surface area contributed by atoms with Crippen molar-refractivity contribution in [3.8, 4) is 11.8 Å². The fourth-order valence-corrected chi connectivity index (χ4v) is 2.25. The molecular weight excluding hydrogens is 269 g/mol. The standard InChI is InChI=1S/C17H20FNO2/c1-12(10-13-5-6-13)19-17(21)16-8-7-15(18)11-14(16)4-2-3-9-20/h7-8,11-13,20H,3,5-6,9-10H2,1H3,(H,19,21). The number of carbonyl (C=O) groups is 1. The zero-order chi connectivity index (χ0) is 15.2. The van der Waals surface area contributed by atoms with E-state index in [1.165, 1.54) is 31.0 Å². The lowest BCUT2D eigenvalue weighted by Crippen LogP contribution is -2.33. The first-order chi connectivity index (χ1) is 10.1. The summed E-state index contributed by atoms with van der Waals surface area (Å²) in [5.41, 5.74) is 0.740. The van der Waals surface area contributed by atoms with Crippen LogP contribution in [0.4, 0.5) is 4.39 Å². The second-order valence-corrected chi connectivity index (χ2v) is 5.52. The van der Waals surface area contributed by atoms with E-state index >= 15 is 0 Å². The highest BCUT2D eigenvalue weighted by Gasteiger charge is 2.24. The molecule has 4 heteroatoms. The van der Waals surface area contributed by atoms with E-state index in [4.69, 9.17) is 5.11 Å². The van der Waals surface area contributed by atoms with Crippen molar-refractivity contribution >= 4 is 5.91 Å². The van der Waals surface area contributed by atoms with Gasteiger partial charge in [0.15, 0.2) is 0 Å². The number of rotatable bonds is 5. The molecule has 1 fully saturated rings. The maximum absolute atomic E-state index is 13.3. The summed E-state index contributed by atoms with van der Waals surface area (Å²) in [6, 6.07) is 4.08. The van der Waals surface area contributed by atoms with Gasteiger partial charge in [-0.2, -0.15) is 0 Å². The zero-order valence-electron chi connectivity index (χ0n) is 12.2. The molecule has 0 saturated heterocycles. The van der Waals surface area contributed by atoms with E-state index in [1.54, 1.807) is 0 Å². The summed E-state index contributed by atoms with van der Waals surface area (Å²) in [4.78, 5) is 12.3. The van der Waals surface area contributed by atoms with Crippen molar-refractivity contribution in [2.24, 2.45) is 5.92 Å². The van der Waals surface area contributed by atoms with Crippen molar-refractivity contribution in [3.05, 3.63) is 35.1 Å². The first-order valence-corrected chi connectivity index (χ1v) is 7.30. The van der Waals surface area contributed by atoms with Crippen LogP contribution in [0.5, 0.6) is 0 Å². The van der Waals surface area contributed by atoms with Crippen LogP contribution in [0.2, 0.25) is 0 Å². The Morgan fingerprint density at radius 3 is 2.95 bits per heavy atom. The molecule has 0 aromatic heterocycles. The highest BCUT2D eigenvalue weighted by Crippen LogP contribution is 2.33. The molecule has 1 unspecified atom stereocenters. The van der Waals surface area contributed by atoms with Gasteiger partial charge >= 0.3 is 0 Å². The van der Waals surface area contributed by atoms with Gasteiger partial charge in [0.2, 0.25) is 0 Å². The van der Waals surface area contributed by atoms with E-state index < -0.39 is 5.82 Å². The van der Waals surface area contributed by atoms with Crippen molar-refractivity contribution in [1.82, 2.24) is 5.32 Å². The van der Waals surface area contributed by atoms with Gasteiger partial charge in [-0.3, -0.25) is 4.79 Å². The number of hydrogen-bond acceptors (Lipinski definition) is 2. The lowest BCUT2D eigenvalue weighted by atomic mass is 10.1. The summed E-state index contributed by atoms with van der Waals surface area (Å²) < 4.78 is 13.3. The number of halogens is 1. The Bertz CT molecular complexity index is 570. The molecule has 0 bridgehead atoms. The van der Waals surface area contributed by atoms with Crippen LogP contribution in [-0.4, -0.2) is 23.7 Å². The van der Waals surface area contributed by atoms with E-state index in [0.717, 1.165) is 12.3 Å². The number of nitrogens with one attached hydrogen (secondary N) is 1. The highest BCUT2D eigenvalue weighted by atomic mass is 19.1. The molecule has 1 aromatic carbocycles. The number of hydrogen-bond donors (Lipinski definition) is 2. The average molecular weight is 289 g/mol. The molecule has 1 amide bonds. The van der Waals surface area contributed by atoms with Crippen LogP contribution in [-0.2, 0) is 0 Å². The molecule has 1 saturated carbocycles. The summed E-state index contributed by atoms with van der Waals surface area (Å²) in [5, 5.41) is 11.7. The Kier molecular flexibility index (Phi) is 5.35. The Labute approximate surface area is 124 Å². The van der Waals surface area contributed by atoms with Gasteiger partial charge in [0.05, 0.1) is 12.2 Å². The van der Waals surface area contributed by atoms with Crippen molar-refractivity contribution in [2.45, 2.75) is 38.6 Å². The van der Waals surface area contributed by atoms with E-state index in [2.05, 4.69) is 17.2 Å². The molecule has 0 aliphatic heterocycles. The second kappa shape index (κ2) is 7.24. The Morgan fingerprint density at radius 1 is 1.52 bits per heavy atom. The average Bonchev–Trinajstić information content (AvgIpc) is 3.22. The Hall–Kier alpha value is -1.86. The highest BCUT2D eigenvalue weighted by molar-refractivity contribution is 5.96. The number of aliphatic hydroxyl groups excluding tert-OH is 1. The van der Waals surface area contributed by atoms with Gasteiger partial charge in [-0.15, -0.1) is 0 Å². The molecule has 3 nitrogen and oxygen atoms in total. The van der Waals surface area contributed by atoms with Crippen molar-refractivity contribution < 1.29 is 14.3 Å². The van der Waals surface area contributed by atoms with E-state index in [0.29, 0.717) is 17.5 Å². The quantitative estimate of drug-likeness (QED) is 0.818. The van der Waals surface area contributed by atoms with Crippen LogP contribution < -0.4 is 5.32 Å². The van der Waals surface area contributed by atoms with Crippen molar-refractivity contribution in [2.75, 3.05) is 6.61 Å². The van der Waals surface area contributed by atoms with Crippen molar-refractivity contribution in [3.63, 3.8) is 0 Å². The van der Waals surface area contributed by atoms with Gasteiger partial charge in [-0.05, 0) is 37.5 Å². The molecule has 1 aromatic rings. The summed E-state index contributed by atoms with van der Waals surface area (Å²) in [6.45, 7) is 1.93. The lowest BCUT2D eigenvalue weighted by molar-refractivity contribution is 0.0937. The third kappa shape index (κ3) is 4.87. The Morgan fingerprint density at radius 2 is 2.29 bits per heavy atom. The minimum atomic E-state index is -0.425. The topological polar surface area (TPSA) is 49.3 Å². The van der Waals surface area contributed by atoms with Gasteiger partial charge in [0.25, 0.3) is 5.91 Å². The lowest BCUT2D eigenvalue weighted by Gasteiger charge is -2.14. The van der Waals surface area contributed by atoms with E-state index in [1.807, 2.05) is 6.92 Å². The van der Waals surface area contributed by atoms with Gasteiger partial charge in [0.1, 0.15) is 5.82 Å². The molecule has 112 valence electrons. The van der Waals surface area contributed by atoms with Crippen LogP contribution in [0.1, 0.15) is 48.5 Å². The van der Waals surface area contributed by atoms with Crippen LogP contribution in [0.25, 0.3) is 0 Å². The molecular formula is C17H20FNO2. The molecule has 2 rings (SSSR count). The fourth-order valence-electron chi connectivity index (χ4n) is 2.25. The number of amides is 1. The normalized spacial score (nSPS) is 15.0. The third-order valence-corrected chi connectivity index (χ3v) is 3.45. The summed E-state index contributed by atoms with van der Waals surface area (Å²) in [6.07, 6.45) is 3.78. The molecule has 2 N–H and O–H groups in total. The molecule has 21 heavy (non-hydrogen) atoms. The van der Waals surface area contributed by atoms with Gasteiger partial charge in [0, 0.05) is 18.0 Å². The molecule has 1 aliphatic carbocycles. The van der Waals surface area contributed by atoms with Crippen LogP contribution in [0, 0.1) is 23.6 Å². The number of aliphatic hydroxyl groups is 1. The zero-order valence-corrected chi connectivity index (χ0v) is 12.2. The SMILES string of the molecule is CC(CC1CC1)NC(=O)c1ccc(F)cc1C#CCCO. The minimum Gasteiger partial charge on any atom is -0.395 e. The maximum Gasteiger partial charge on any atom is 0.252 e. The number of benzene rings is 1. The summed E-state index contributed by atoms with van der Waals surface area (Å²) in [5.74, 6) is 5.56. The van der Waals surface area contributed by atoms with Crippen LogP contribution in [0.3, 0.4) is 0 Å². The van der Waals surface area contributed by atoms with E-state index in [9.17, 15) is 9.18 Å². The molecule has 1 aliphatic rings. The van der Waals surface area contributed by atoms with Crippen molar-refractivity contribution in [1.29, 1.82) is 0 Å². The van der Waals surface area contributed by atoms with Gasteiger partial charge < -0.3 is 10.4 Å². The Balaban J connectivity index is 2.09. The smallest absolute Gasteiger partial charge is 0.252 e. The minimum absolute atomic E-state index is 0.0533. The monoisotopic (exact) mass is 289 g/mol. The summed E-state index contributed by atoms with van der Waals surface area (Å²) >= 11 is 0. The predicted molar refractivity (Wildman–Crippen MR) is 79.3 cm³/mol. The first-order valence-electron chi connectivity index (χ1n) is 7.30. The van der Waals surface area contributed by atoms with Crippen LogP contribution in [0.15, 0.2) is 18.2 Å². The van der Waals surface area contributed by atoms with Gasteiger partial charge in [-0.25, -0.2) is 4.39 Å². The molecule has 1 atom stereocenters. The van der Waals surface area contributed by atoms with E-state index in [-0.39, 0.29) is 18.6 Å². The van der Waals surface area contributed by atoms with Crippen LogP contribution >= 0.6 is 0 Å². The largest absolute Gasteiger partial charge is 0.395 e. The second-order valence-electron chi connectivity index (χ2n) is 5.52. The molecule has 0 spiro atoms. The fraction of sp³-hybridized carbons (Fsp3) is 0.471. The molecule has 0 radical (unpaired) electrons. The third-order valence-electron chi connectivity index (χ3n) is 3.45.